The van der Waals surface area contributed by atoms with Gasteiger partial charge in [-0.15, -0.1) is 0 Å². The lowest BCUT2D eigenvalue weighted by molar-refractivity contribution is -0.150. The molecule has 0 unspecified atom stereocenters. The molecule has 12 nitrogen and oxygen atoms in total. The summed E-state index contributed by atoms with van der Waals surface area (Å²) < 4.78 is 13.5. The van der Waals surface area contributed by atoms with Crippen LogP contribution >= 0.6 is 7.82 Å². The van der Waals surface area contributed by atoms with Crippen molar-refractivity contribution in [2.24, 2.45) is 5.73 Å². The van der Waals surface area contributed by atoms with Gasteiger partial charge in [0.05, 0.1) is 0 Å². The molecule has 0 aliphatic heterocycles. The van der Waals surface area contributed by atoms with E-state index < -0.39 is 44.2 Å². The van der Waals surface area contributed by atoms with E-state index in [9.17, 15) is 23.7 Å². The summed E-state index contributed by atoms with van der Waals surface area (Å²) in [6, 6.07) is -1.06. The number of ketones is 1. The van der Waals surface area contributed by atoms with Crippen LogP contribution < -0.4 is 5.73 Å². The van der Waals surface area contributed by atoms with Crippen LogP contribution in [0.4, 0.5) is 0 Å². The summed E-state index contributed by atoms with van der Waals surface area (Å²) in [6.45, 7) is -1.13. The Morgan fingerprint density at radius 1 is 1.10 bits per heavy atom. The van der Waals surface area contributed by atoms with Crippen LogP contribution in [0.2, 0.25) is 0 Å². The minimum absolute atomic E-state index is 0.0231. The van der Waals surface area contributed by atoms with Gasteiger partial charge in [-0.05, 0) is 6.42 Å². The lowest BCUT2D eigenvalue weighted by Crippen LogP contribution is -2.30. The van der Waals surface area contributed by atoms with Gasteiger partial charge in [0.25, 0.3) is 5.78 Å². The molecule has 0 spiro atoms. The van der Waals surface area contributed by atoms with Gasteiger partial charge < -0.3 is 30.8 Å². The predicted molar refractivity (Wildman–Crippen MR) is 63.1 cm³/mol. The monoisotopic (exact) mass is 331 g/mol. The summed E-state index contributed by atoms with van der Waals surface area (Å²) in [5.41, 5.74) is 5.00. The molecule has 0 heterocycles. The van der Waals surface area contributed by atoms with Crippen molar-refractivity contribution in [3.05, 3.63) is 0 Å². The van der Waals surface area contributed by atoms with Gasteiger partial charge in [-0.3, -0.25) is 18.9 Å². The highest BCUT2D eigenvalue weighted by molar-refractivity contribution is 7.46. The van der Waals surface area contributed by atoms with Crippen molar-refractivity contribution >= 4 is 31.5 Å². The fourth-order valence-corrected chi connectivity index (χ4v) is 0.892. The standard InChI is InChI=1S/C5H9NO4.C3H5O7P/c6-3(5(9)10)1-2-4(7)8;4-2(3(5)6)1-10-11(7,8)9/h3H,1-2,6H2,(H,7,8)(H,9,10);1H2,(H,5,6)(H2,7,8,9)/t3-;/m0./s1. The molecule has 0 aliphatic rings. The Balaban J connectivity index is 0. The molecule has 0 fully saturated rings. The first-order valence-electron chi connectivity index (χ1n) is 5.03. The number of hydrogen-bond donors (Lipinski definition) is 6. The molecule has 0 aromatic carbocycles. The zero-order chi connectivity index (χ0) is 17.2. The average Bonchev–Trinajstić information content (AvgIpc) is 2.32. The summed E-state index contributed by atoms with van der Waals surface area (Å²) in [5.74, 6) is -5.40. The normalized spacial score (nSPS) is 11.8. The molecule has 0 amide bonds. The third kappa shape index (κ3) is 16.1. The number of Topliss-reactive ketones (excluding diaryl/α,β-unsaturated/α-hetero) is 1. The van der Waals surface area contributed by atoms with Crippen molar-refractivity contribution in [2.45, 2.75) is 18.9 Å². The van der Waals surface area contributed by atoms with E-state index >= 15 is 0 Å². The molecule has 0 saturated heterocycles. The molecular weight excluding hydrogens is 317 g/mol. The Labute approximate surface area is 117 Å². The van der Waals surface area contributed by atoms with E-state index in [1.807, 2.05) is 0 Å². The number of carbonyl (C=O) groups excluding carboxylic acids is 1. The third-order valence-corrected chi connectivity index (χ3v) is 2.05. The van der Waals surface area contributed by atoms with Gasteiger partial charge in [0, 0.05) is 6.42 Å². The summed E-state index contributed by atoms with van der Waals surface area (Å²) in [4.78, 5) is 55.7. The number of nitrogens with two attached hydrogens (primary N) is 1. The fourth-order valence-electron chi connectivity index (χ4n) is 0.607. The first kappa shape index (κ1) is 21.4. The largest absolute Gasteiger partial charge is 0.481 e. The molecule has 7 N–H and O–H groups in total. The maximum atomic E-state index is 10.1. The molecule has 21 heavy (non-hydrogen) atoms. The van der Waals surface area contributed by atoms with Crippen LogP contribution in [0.5, 0.6) is 0 Å². The van der Waals surface area contributed by atoms with Gasteiger partial charge in [-0.25, -0.2) is 9.36 Å². The van der Waals surface area contributed by atoms with Gasteiger partial charge in [0.1, 0.15) is 12.6 Å². The number of phosphoric acid groups is 1. The molecular formula is C8H14NO11P. The number of carbonyl (C=O) groups is 4. The molecule has 13 heteroatoms. The van der Waals surface area contributed by atoms with Crippen LogP contribution in [0.3, 0.4) is 0 Å². The second-order valence-electron chi connectivity index (χ2n) is 3.37. The van der Waals surface area contributed by atoms with E-state index in [0.717, 1.165) is 0 Å². The van der Waals surface area contributed by atoms with Crippen molar-refractivity contribution in [2.75, 3.05) is 6.61 Å². The third-order valence-electron chi connectivity index (χ3n) is 1.59. The van der Waals surface area contributed by atoms with Crippen molar-refractivity contribution < 1.29 is 53.4 Å². The average molecular weight is 331 g/mol. The number of phosphoric ester groups is 1. The number of carboxylic acid groups (broad SMARTS) is 3. The van der Waals surface area contributed by atoms with Crippen LogP contribution in [0.15, 0.2) is 0 Å². The molecule has 0 rings (SSSR count). The first-order chi connectivity index (χ1) is 9.36. The van der Waals surface area contributed by atoms with E-state index in [1.165, 1.54) is 0 Å². The minimum Gasteiger partial charge on any atom is -0.481 e. The molecule has 0 aromatic heterocycles. The summed E-state index contributed by atoms with van der Waals surface area (Å²) >= 11 is 0. The molecule has 1 atom stereocenters. The van der Waals surface area contributed by atoms with Crippen LogP contribution in [0.25, 0.3) is 0 Å². The second kappa shape index (κ2) is 9.96. The van der Waals surface area contributed by atoms with E-state index in [4.69, 9.17) is 30.8 Å². The SMILES string of the molecule is N[C@@H](CCC(=O)O)C(=O)O.O=C(O)C(=O)COP(=O)(O)O. The maximum absolute atomic E-state index is 10.1. The highest BCUT2D eigenvalue weighted by Gasteiger charge is 2.19. The predicted octanol–water partition coefficient (Wildman–Crippen LogP) is -1.99. The molecule has 0 aliphatic carbocycles. The summed E-state index contributed by atoms with van der Waals surface area (Å²) in [6.07, 6.45) is -0.224. The van der Waals surface area contributed by atoms with Crippen LogP contribution in [0, 0.1) is 0 Å². The number of aliphatic carboxylic acids is 3. The van der Waals surface area contributed by atoms with E-state index in [2.05, 4.69) is 4.52 Å². The Morgan fingerprint density at radius 3 is 1.86 bits per heavy atom. The van der Waals surface area contributed by atoms with Crippen molar-refractivity contribution in [3.8, 4) is 0 Å². The van der Waals surface area contributed by atoms with Crippen molar-refractivity contribution in [1.29, 1.82) is 0 Å². The quantitative estimate of drug-likeness (QED) is 0.210. The first-order valence-corrected chi connectivity index (χ1v) is 6.56. The van der Waals surface area contributed by atoms with Gasteiger partial charge in [0.2, 0.25) is 0 Å². The van der Waals surface area contributed by atoms with Gasteiger partial charge in [0.15, 0.2) is 0 Å². The van der Waals surface area contributed by atoms with Gasteiger partial charge in [-0.2, -0.15) is 0 Å². The lowest BCUT2D eigenvalue weighted by atomic mass is 10.2. The molecule has 0 aromatic rings. The summed E-state index contributed by atoms with van der Waals surface area (Å²) in [5, 5.41) is 24.2. The molecule has 0 radical (unpaired) electrons. The lowest BCUT2D eigenvalue weighted by Gasteiger charge is -2.01. The van der Waals surface area contributed by atoms with Crippen molar-refractivity contribution in [3.63, 3.8) is 0 Å². The number of carboxylic acids is 3. The Hall–Kier alpha value is -1.85. The van der Waals surface area contributed by atoms with Crippen LogP contribution in [-0.4, -0.2) is 61.4 Å². The van der Waals surface area contributed by atoms with E-state index in [0.29, 0.717) is 0 Å². The van der Waals surface area contributed by atoms with Gasteiger partial charge >= 0.3 is 25.7 Å². The summed E-state index contributed by atoms with van der Waals surface area (Å²) in [7, 11) is -4.74. The van der Waals surface area contributed by atoms with E-state index in [-0.39, 0.29) is 12.8 Å². The highest BCUT2D eigenvalue weighted by Crippen LogP contribution is 2.35. The Morgan fingerprint density at radius 2 is 1.57 bits per heavy atom. The molecule has 0 saturated carbocycles. The van der Waals surface area contributed by atoms with Crippen molar-refractivity contribution in [1.82, 2.24) is 0 Å². The zero-order valence-electron chi connectivity index (χ0n) is 10.4. The topological polar surface area (TPSA) is 222 Å². The Bertz CT molecular complexity index is 442. The number of hydrogen-bond acceptors (Lipinski definition) is 7. The minimum atomic E-state index is -4.74. The zero-order valence-corrected chi connectivity index (χ0v) is 11.3. The van der Waals surface area contributed by atoms with Crippen LogP contribution in [-0.2, 0) is 28.3 Å². The molecule has 122 valence electrons. The van der Waals surface area contributed by atoms with Gasteiger partial charge in [-0.1, -0.05) is 0 Å². The second-order valence-corrected chi connectivity index (χ2v) is 4.61. The fraction of sp³-hybridized carbons (Fsp3) is 0.500. The number of rotatable bonds is 8. The smallest absolute Gasteiger partial charge is 0.470 e. The maximum Gasteiger partial charge on any atom is 0.470 e. The molecule has 0 bridgehead atoms. The highest BCUT2D eigenvalue weighted by atomic mass is 31.2. The van der Waals surface area contributed by atoms with Crippen LogP contribution in [0.1, 0.15) is 12.8 Å². The van der Waals surface area contributed by atoms with E-state index in [1.54, 1.807) is 0 Å². The Kier molecular flexibility index (Phi) is 10.2.